The minimum atomic E-state index is -3.78. The van der Waals surface area contributed by atoms with Crippen molar-refractivity contribution in [1.29, 1.82) is 0 Å². The van der Waals surface area contributed by atoms with Gasteiger partial charge in [0.1, 0.15) is 5.75 Å². The largest absolute Gasteiger partial charge is 0.439 e. The SMILES string of the molecule is CCOP(=O)(OCC)C(=O)Cc1cccc(Oc2ccccc2)n1. The van der Waals surface area contributed by atoms with E-state index in [4.69, 9.17) is 13.8 Å². The second kappa shape index (κ2) is 8.73. The molecule has 1 aromatic heterocycles. The van der Waals surface area contributed by atoms with E-state index < -0.39 is 13.1 Å². The number of aromatic nitrogens is 1. The monoisotopic (exact) mass is 349 g/mol. The van der Waals surface area contributed by atoms with Gasteiger partial charge in [-0.3, -0.25) is 9.36 Å². The van der Waals surface area contributed by atoms with Gasteiger partial charge in [-0.25, -0.2) is 4.98 Å². The molecule has 0 fully saturated rings. The average molecular weight is 349 g/mol. The third-order valence-electron chi connectivity index (χ3n) is 2.98. The first-order valence-electron chi connectivity index (χ1n) is 7.68. The van der Waals surface area contributed by atoms with Crippen LogP contribution in [0.3, 0.4) is 0 Å². The second-order valence-corrected chi connectivity index (χ2v) is 6.80. The average Bonchev–Trinajstić information content (AvgIpc) is 2.56. The van der Waals surface area contributed by atoms with Crippen molar-refractivity contribution in [2.45, 2.75) is 20.3 Å². The van der Waals surface area contributed by atoms with Crippen LogP contribution < -0.4 is 4.74 Å². The number of hydrogen-bond donors (Lipinski definition) is 0. The van der Waals surface area contributed by atoms with E-state index >= 15 is 0 Å². The van der Waals surface area contributed by atoms with E-state index in [1.54, 1.807) is 44.2 Å². The Kier molecular flexibility index (Phi) is 6.67. The molecule has 0 N–H and O–H groups in total. The minimum absolute atomic E-state index is 0.133. The highest BCUT2D eigenvalue weighted by Gasteiger charge is 2.34. The quantitative estimate of drug-likeness (QED) is 0.631. The van der Waals surface area contributed by atoms with Gasteiger partial charge in [0, 0.05) is 6.07 Å². The maximum absolute atomic E-state index is 12.4. The molecule has 0 spiro atoms. The van der Waals surface area contributed by atoms with Gasteiger partial charge in [-0.05, 0) is 32.0 Å². The highest BCUT2D eigenvalue weighted by molar-refractivity contribution is 7.71. The minimum Gasteiger partial charge on any atom is -0.439 e. The molecule has 1 aromatic carbocycles. The number of para-hydroxylation sites is 1. The normalized spacial score (nSPS) is 11.2. The lowest BCUT2D eigenvalue weighted by molar-refractivity contribution is -0.113. The molecule has 0 unspecified atom stereocenters. The van der Waals surface area contributed by atoms with Crippen LogP contribution in [0, 0.1) is 0 Å². The molecule has 0 saturated carbocycles. The molecular weight excluding hydrogens is 329 g/mol. The predicted octanol–water partition coefficient (Wildman–Crippen LogP) is 4.21. The van der Waals surface area contributed by atoms with Crippen molar-refractivity contribution in [2.24, 2.45) is 0 Å². The first kappa shape index (κ1) is 18.3. The molecule has 0 saturated heterocycles. The van der Waals surface area contributed by atoms with Crippen molar-refractivity contribution in [2.75, 3.05) is 13.2 Å². The molecule has 0 aliphatic heterocycles. The third-order valence-corrected chi connectivity index (χ3v) is 4.95. The Morgan fingerprint density at radius 1 is 1.00 bits per heavy atom. The van der Waals surface area contributed by atoms with Crippen LogP contribution in [0.25, 0.3) is 0 Å². The van der Waals surface area contributed by atoms with E-state index in [1.807, 2.05) is 18.2 Å². The smallest absolute Gasteiger partial charge is 0.397 e. The molecule has 1 heterocycles. The summed E-state index contributed by atoms with van der Waals surface area (Å²) in [6.45, 7) is 3.58. The molecule has 0 aliphatic rings. The second-order valence-electron chi connectivity index (χ2n) is 4.79. The lowest BCUT2D eigenvalue weighted by atomic mass is 10.3. The standard InChI is InChI=1S/C17H20NO5P/c1-3-21-24(20,22-4-2)17(19)13-14-9-8-12-16(18-14)23-15-10-6-5-7-11-15/h5-12H,3-4,13H2,1-2H3. The van der Waals surface area contributed by atoms with E-state index in [9.17, 15) is 9.36 Å². The van der Waals surface area contributed by atoms with Gasteiger partial charge in [0.05, 0.1) is 25.3 Å². The molecule has 128 valence electrons. The van der Waals surface area contributed by atoms with Crippen molar-refractivity contribution < 1.29 is 23.1 Å². The summed E-state index contributed by atoms with van der Waals surface area (Å²) in [4.78, 5) is 16.6. The van der Waals surface area contributed by atoms with Crippen LogP contribution in [0.2, 0.25) is 0 Å². The van der Waals surface area contributed by atoms with Crippen molar-refractivity contribution in [3.05, 3.63) is 54.2 Å². The summed E-state index contributed by atoms with van der Waals surface area (Å²) in [5, 5.41) is 0. The van der Waals surface area contributed by atoms with Crippen LogP contribution in [0.15, 0.2) is 48.5 Å². The molecule has 0 amide bonds. The third kappa shape index (κ3) is 4.99. The van der Waals surface area contributed by atoms with Crippen LogP contribution >= 0.6 is 7.60 Å². The molecule has 2 rings (SSSR count). The molecule has 6 nitrogen and oxygen atoms in total. The predicted molar refractivity (Wildman–Crippen MR) is 90.3 cm³/mol. The van der Waals surface area contributed by atoms with Crippen LogP contribution in [0.1, 0.15) is 19.5 Å². The van der Waals surface area contributed by atoms with Gasteiger partial charge in [-0.15, -0.1) is 0 Å². The van der Waals surface area contributed by atoms with Crippen LogP contribution in [-0.2, 0) is 24.8 Å². The molecule has 0 radical (unpaired) electrons. The van der Waals surface area contributed by atoms with Gasteiger partial charge >= 0.3 is 7.60 Å². The highest BCUT2D eigenvalue weighted by Crippen LogP contribution is 2.49. The molecule has 0 atom stereocenters. The number of hydrogen-bond acceptors (Lipinski definition) is 6. The maximum Gasteiger partial charge on any atom is 0.397 e. The lowest BCUT2D eigenvalue weighted by Crippen LogP contribution is -2.10. The highest BCUT2D eigenvalue weighted by atomic mass is 31.2. The molecule has 0 bridgehead atoms. The molecular formula is C17H20NO5P. The summed E-state index contributed by atoms with van der Waals surface area (Å²) in [5.74, 6) is 0.997. The van der Waals surface area contributed by atoms with E-state index in [0.29, 0.717) is 17.3 Å². The van der Waals surface area contributed by atoms with Crippen molar-refractivity contribution in [1.82, 2.24) is 4.98 Å². The zero-order valence-electron chi connectivity index (χ0n) is 13.7. The van der Waals surface area contributed by atoms with E-state index in [-0.39, 0.29) is 19.6 Å². The van der Waals surface area contributed by atoms with E-state index in [1.165, 1.54) is 0 Å². The van der Waals surface area contributed by atoms with Gasteiger partial charge < -0.3 is 13.8 Å². The van der Waals surface area contributed by atoms with Gasteiger partial charge in [-0.2, -0.15) is 0 Å². The Labute approximate surface area is 141 Å². The summed E-state index contributed by atoms with van der Waals surface area (Å²) >= 11 is 0. The molecule has 0 aliphatic carbocycles. The number of pyridine rings is 1. The number of nitrogens with zero attached hydrogens (tertiary/aromatic N) is 1. The topological polar surface area (TPSA) is 74.7 Å². The fourth-order valence-corrected chi connectivity index (χ4v) is 3.39. The molecule has 7 heteroatoms. The number of ether oxygens (including phenoxy) is 1. The molecule has 24 heavy (non-hydrogen) atoms. The van der Waals surface area contributed by atoms with E-state index in [0.717, 1.165) is 0 Å². The van der Waals surface area contributed by atoms with Crippen LogP contribution in [-0.4, -0.2) is 23.7 Å². The van der Waals surface area contributed by atoms with Gasteiger partial charge in [0.25, 0.3) is 0 Å². The first-order chi connectivity index (χ1) is 11.6. The summed E-state index contributed by atoms with van der Waals surface area (Å²) in [6, 6.07) is 14.3. The van der Waals surface area contributed by atoms with Crippen LogP contribution in [0.5, 0.6) is 11.6 Å². The lowest BCUT2D eigenvalue weighted by Gasteiger charge is -2.15. The Morgan fingerprint density at radius 2 is 1.67 bits per heavy atom. The summed E-state index contributed by atoms with van der Waals surface area (Å²) in [7, 11) is -3.78. The van der Waals surface area contributed by atoms with Gasteiger partial charge in [-0.1, -0.05) is 24.3 Å². The number of benzene rings is 1. The Morgan fingerprint density at radius 3 is 2.29 bits per heavy atom. The Hall–Kier alpha value is -2.01. The van der Waals surface area contributed by atoms with Crippen molar-refractivity contribution >= 4 is 13.1 Å². The number of carbonyl (C=O) groups excluding carboxylic acids is 1. The number of carbonyl (C=O) groups is 1. The zero-order chi connectivity index (χ0) is 17.4. The Balaban J connectivity index is 2.11. The fraction of sp³-hybridized carbons (Fsp3) is 0.294. The fourth-order valence-electron chi connectivity index (χ4n) is 2.00. The van der Waals surface area contributed by atoms with Gasteiger partial charge in [0.15, 0.2) is 0 Å². The maximum atomic E-state index is 12.4. The van der Waals surface area contributed by atoms with Crippen molar-refractivity contribution in [3.8, 4) is 11.6 Å². The summed E-state index contributed by atoms with van der Waals surface area (Å²) in [6.07, 6.45) is -0.150. The van der Waals surface area contributed by atoms with Gasteiger partial charge in [0.2, 0.25) is 11.4 Å². The number of rotatable bonds is 9. The zero-order valence-corrected chi connectivity index (χ0v) is 14.6. The van der Waals surface area contributed by atoms with Crippen LogP contribution in [0.4, 0.5) is 0 Å². The van der Waals surface area contributed by atoms with Crippen molar-refractivity contribution in [3.63, 3.8) is 0 Å². The summed E-state index contributed by atoms with van der Waals surface area (Å²) < 4.78 is 28.2. The van der Waals surface area contributed by atoms with E-state index in [2.05, 4.69) is 4.98 Å². The Bertz CT molecular complexity index is 710. The molecule has 2 aromatic rings. The summed E-state index contributed by atoms with van der Waals surface area (Å²) in [5.41, 5.74) is -0.177. The first-order valence-corrected chi connectivity index (χ1v) is 9.23.